The fourth-order valence-corrected chi connectivity index (χ4v) is 2.41. The lowest BCUT2D eigenvalue weighted by Gasteiger charge is -2.00. The Morgan fingerprint density at radius 1 is 0.615 bits per heavy atom. The van der Waals surface area contributed by atoms with E-state index in [1.807, 2.05) is 36.5 Å². The Morgan fingerprint density at radius 3 is 1.54 bits per heavy atom. The van der Waals surface area contributed by atoms with Crippen molar-refractivity contribution >= 4 is 5.91 Å². The van der Waals surface area contributed by atoms with Gasteiger partial charge < -0.3 is 5.73 Å². The zero-order valence-corrected chi connectivity index (χ0v) is 16.5. The summed E-state index contributed by atoms with van der Waals surface area (Å²) in [5, 5.41) is 0. The van der Waals surface area contributed by atoms with Gasteiger partial charge in [0.05, 0.1) is 0 Å². The van der Waals surface area contributed by atoms with Gasteiger partial charge >= 0.3 is 0 Å². The molecule has 2 N–H and O–H groups in total. The smallest absolute Gasteiger partial charge is 0.241 e. The number of allylic oxidation sites excluding steroid dienone is 11. The zero-order valence-electron chi connectivity index (χ0n) is 16.5. The first-order valence-corrected chi connectivity index (χ1v) is 10.1. The summed E-state index contributed by atoms with van der Waals surface area (Å²) in [6.07, 6.45) is 36.4. The predicted molar refractivity (Wildman–Crippen MR) is 116 cm³/mol. The van der Waals surface area contributed by atoms with Crippen LogP contribution in [0, 0.1) is 0 Å². The number of primary amides is 1. The number of carbonyl (C=O) groups is 1. The molecule has 26 heavy (non-hydrogen) atoms. The second kappa shape index (κ2) is 21.0. The standard InChI is InChI=1S/C24H37NO/c1-2-3-4-5-6-7-8-9-10-11-12-13-14-15-16-17-18-19-20-21-22-23-24(25)26/h12-23H,2-11H2,1H3,(H2,25,26)/b13-12+,15-14+,17-16+,19-18+,21-20+,23-22+. The van der Waals surface area contributed by atoms with Gasteiger partial charge in [-0.2, -0.15) is 0 Å². The minimum atomic E-state index is -0.436. The van der Waals surface area contributed by atoms with Gasteiger partial charge in [-0.15, -0.1) is 0 Å². The van der Waals surface area contributed by atoms with Gasteiger partial charge in [-0.3, -0.25) is 4.79 Å². The maximum atomic E-state index is 10.5. The van der Waals surface area contributed by atoms with Crippen LogP contribution < -0.4 is 5.73 Å². The molecular formula is C24H37NO. The van der Waals surface area contributed by atoms with E-state index in [2.05, 4.69) is 25.2 Å². The Balaban J connectivity index is 3.51. The fraction of sp³-hybridized carbons (Fsp3) is 0.458. The number of rotatable bonds is 16. The van der Waals surface area contributed by atoms with Crippen molar-refractivity contribution in [1.29, 1.82) is 0 Å². The SMILES string of the molecule is CCCCCCCCCCC/C=C/C=C/C=C/C=C/C=C/C=C/C(N)=O. The average molecular weight is 356 g/mol. The molecule has 0 aliphatic heterocycles. The number of nitrogens with two attached hydrogens (primary N) is 1. The Labute approximate surface area is 160 Å². The summed E-state index contributed by atoms with van der Waals surface area (Å²) in [6.45, 7) is 2.27. The summed E-state index contributed by atoms with van der Waals surface area (Å²) in [5.41, 5.74) is 4.98. The van der Waals surface area contributed by atoms with E-state index >= 15 is 0 Å². The van der Waals surface area contributed by atoms with Gasteiger partial charge in [0.1, 0.15) is 0 Å². The molecule has 0 aromatic carbocycles. The van der Waals surface area contributed by atoms with Crippen molar-refractivity contribution in [3.05, 3.63) is 72.9 Å². The number of unbranched alkanes of at least 4 members (excludes halogenated alkanes) is 9. The van der Waals surface area contributed by atoms with Crippen LogP contribution in [0.3, 0.4) is 0 Å². The van der Waals surface area contributed by atoms with Crippen LogP contribution in [0.5, 0.6) is 0 Å². The Morgan fingerprint density at radius 2 is 1.04 bits per heavy atom. The van der Waals surface area contributed by atoms with Gasteiger partial charge in [0.2, 0.25) is 5.91 Å². The van der Waals surface area contributed by atoms with E-state index in [9.17, 15) is 4.79 Å². The molecule has 0 aromatic rings. The van der Waals surface area contributed by atoms with E-state index in [0.717, 1.165) is 0 Å². The molecule has 0 atom stereocenters. The van der Waals surface area contributed by atoms with Gasteiger partial charge in [-0.05, 0) is 12.8 Å². The second-order valence-electron chi connectivity index (χ2n) is 6.35. The summed E-state index contributed by atoms with van der Waals surface area (Å²) < 4.78 is 0. The maximum absolute atomic E-state index is 10.5. The molecule has 0 aliphatic carbocycles. The van der Waals surface area contributed by atoms with Crippen LogP contribution in [0.25, 0.3) is 0 Å². The molecule has 0 saturated carbocycles. The third kappa shape index (κ3) is 21.9. The largest absolute Gasteiger partial charge is 0.366 e. The molecule has 2 nitrogen and oxygen atoms in total. The van der Waals surface area contributed by atoms with Crippen LogP contribution in [-0.4, -0.2) is 5.91 Å². The normalized spacial score (nSPS) is 13.0. The number of hydrogen-bond acceptors (Lipinski definition) is 1. The fourth-order valence-electron chi connectivity index (χ4n) is 2.41. The zero-order chi connectivity index (χ0) is 19.1. The van der Waals surface area contributed by atoms with Crippen molar-refractivity contribution in [2.24, 2.45) is 5.73 Å². The summed E-state index contributed by atoms with van der Waals surface area (Å²) in [5.74, 6) is -0.436. The molecule has 144 valence electrons. The highest BCUT2D eigenvalue weighted by Crippen LogP contribution is 2.10. The second-order valence-corrected chi connectivity index (χ2v) is 6.35. The Kier molecular flexibility index (Phi) is 19.3. The van der Waals surface area contributed by atoms with Gasteiger partial charge in [0, 0.05) is 6.08 Å². The average Bonchev–Trinajstić information content (AvgIpc) is 2.62. The quantitative estimate of drug-likeness (QED) is 0.186. The van der Waals surface area contributed by atoms with Crippen LogP contribution in [0.2, 0.25) is 0 Å². The van der Waals surface area contributed by atoms with E-state index in [4.69, 9.17) is 5.73 Å². The first-order valence-electron chi connectivity index (χ1n) is 10.1. The maximum Gasteiger partial charge on any atom is 0.241 e. The van der Waals surface area contributed by atoms with Crippen molar-refractivity contribution in [2.75, 3.05) is 0 Å². The molecule has 0 spiro atoms. The summed E-state index contributed by atoms with van der Waals surface area (Å²) >= 11 is 0. The topological polar surface area (TPSA) is 43.1 Å². The third-order valence-electron chi connectivity index (χ3n) is 3.87. The summed E-state index contributed by atoms with van der Waals surface area (Å²) in [4.78, 5) is 10.5. The van der Waals surface area contributed by atoms with E-state index in [1.165, 1.54) is 70.3 Å². The molecule has 0 unspecified atom stereocenters. The van der Waals surface area contributed by atoms with Gasteiger partial charge in [-0.25, -0.2) is 0 Å². The predicted octanol–water partition coefficient (Wildman–Crippen LogP) is 6.73. The van der Waals surface area contributed by atoms with Crippen LogP contribution >= 0.6 is 0 Å². The van der Waals surface area contributed by atoms with Gasteiger partial charge in [0.25, 0.3) is 0 Å². The highest BCUT2D eigenvalue weighted by molar-refractivity contribution is 5.85. The highest BCUT2D eigenvalue weighted by atomic mass is 16.1. The number of hydrogen-bond donors (Lipinski definition) is 1. The first kappa shape index (κ1) is 23.9. The van der Waals surface area contributed by atoms with Gasteiger partial charge in [0.15, 0.2) is 0 Å². The highest BCUT2D eigenvalue weighted by Gasteiger charge is 1.90. The summed E-state index contributed by atoms with van der Waals surface area (Å²) in [7, 11) is 0. The minimum Gasteiger partial charge on any atom is -0.366 e. The molecule has 0 aliphatic rings. The van der Waals surface area contributed by atoms with Crippen LogP contribution in [-0.2, 0) is 4.79 Å². The molecule has 0 fully saturated rings. The lowest BCUT2D eigenvalue weighted by atomic mass is 10.1. The van der Waals surface area contributed by atoms with Crippen LogP contribution in [0.4, 0.5) is 0 Å². The van der Waals surface area contributed by atoms with E-state index in [-0.39, 0.29) is 0 Å². The van der Waals surface area contributed by atoms with Crippen molar-refractivity contribution in [1.82, 2.24) is 0 Å². The first-order chi connectivity index (χ1) is 12.8. The van der Waals surface area contributed by atoms with Gasteiger partial charge in [-0.1, -0.05) is 125 Å². The Hall–Kier alpha value is -2.09. The van der Waals surface area contributed by atoms with Crippen molar-refractivity contribution in [3.63, 3.8) is 0 Å². The molecule has 0 rings (SSSR count). The molecular weight excluding hydrogens is 318 g/mol. The lowest BCUT2D eigenvalue weighted by Crippen LogP contribution is -2.04. The van der Waals surface area contributed by atoms with E-state index in [1.54, 1.807) is 12.2 Å². The van der Waals surface area contributed by atoms with Crippen molar-refractivity contribution in [2.45, 2.75) is 71.1 Å². The number of amides is 1. The molecule has 0 aromatic heterocycles. The molecule has 0 radical (unpaired) electrons. The molecule has 0 bridgehead atoms. The van der Waals surface area contributed by atoms with Crippen LogP contribution in [0.1, 0.15) is 71.1 Å². The van der Waals surface area contributed by atoms with E-state index in [0.29, 0.717) is 0 Å². The molecule has 0 saturated heterocycles. The van der Waals surface area contributed by atoms with Crippen molar-refractivity contribution < 1.29 is 4.79 Å². The minimum absolute atomic E-state index is 0.436. The molecule has 2 heteroatoms. The molecule has 1 amide bonds. The third-order valence-corrected chi connectivity index (χ3v) is 3.87. The van der Waals surface area contributed by atoms with E-state index < -0.39 is 5.91 Å². The molecule has 0 heterocycles. The monoisotopic (exact) mass is 355 g/mol. The van der Waals surface area contributed by atoms with Crippen molar-refractivity contribution in [3.8, 4) is 0 Å². The number of carbonyl (C=O) groups excluding carboxylic acids is 1. The summed E-state index contributed by atoms with van der Waals surface area (Å²) in [6, 6.07) is 0. The van der Waals surface area contributed by atoms with Crippen LogP contribution in [0.15, 0.2) is 72.9 Å². The Bertz CT molecular complexity index is 492. The lowest BCUT2D eigenvalue weighted by molar-refractivity contribution is -0.113.